The summed E-state index contributed by atoms with van der Waals surface area (Å²) in [6.07, 6.45) is 3.02. The van der Waals surface area contributed by atoms with E-state index in [2.05, 4.69) is 32.0 Å². The molecule has 0 aliphatic carbocycles. The van der Waals surface area contributed by atoms with E-state index in [0.29, 0.717) is 18.4 Å². The number of amides is 1. The number of carbonyl (C=O) groups is 2. The van der Waals surface area contributed by atoms with E-state index in [1.54, 1.807) is 0 Å². The van der Waals surface area contributed by atoms with E-state index in [0.717, 1.165) is 35.3 Å². The van der Waals surface area contributed by atoms with Crippen molar-refractivity contribution in [3.63, 3.8) is 0 Å². The van der Waals surface area contributed by atoms with Crippen LogP contribution in [0.1, 0.15) is 92.9 Å². The fourth-order valence-electron chi connectivity index (χ4n) is 4.74. The van der Waals surface area contributed by atoms with E-state index in [4.69, 9.17) is 4.74 Å². The van der Waals surface area contributed by atoms with Gasteiger partial charge in [-0.1, -0.05) is 52.0 Å². The lowest BCUT2D eigenvalue weighted by Crippen LogP contribution is -2.40. The Balaban J connectivity index is 2.42. The summed E-state index contributed by atoms with van der Waals surface area (Å²) in [5.41, 5.74) is 3.57. The molecule has 1 atom stereocenters. The molecule has 2 aromatic rings. The first-order valence-corrected chi connectivity index (χ1v) is 13.0. The fraction of sp³-hybridized carbons (Fsp3) is 0.533. The number of benzene rings is 2. The highest BCUT2D eigenvalue weighted by Crippen LogP contribution is 2.41. The van der Waals surface area contributed by atoms with E-state index in [9.17, 15) is 19.8 Å². The molecule has 0 aliphatic heterocycles. The number of aliphatic carboxylic acids is 1. The van der Waals surface area contributed by atoms with Crippen molar-refractivity contribution in [2.24, 2.45) is 0 Å². The number of carboxylic acid groups (broad SMARTS) is 1. The van der Waals surface area contributed by atoms with Gasteiger partial charge in [-0.15, -0.1) is 0 Å². The Morgan fingerprint density at radius 3 is 1.89 bits per heavy atom. The maximum absolute atomic E-state index is 13.0. The zero-order valence-corrected chi connectivity index (χ0v) is 23.1. The predicted octanol–water partition coefficient (Wildman–Crippen LogP) is 5.88. The SMILES string of the molecule is CCC(O)(CC)COc1ccc(C(CC)(CC)c2ccc(C(=O)N(C)C(C)C(=O)O)c(C)c2)cc1C. The third kappa shape index (κ3) is 5.92. The Bertz CT molecular complexity index is 1070. The molecule has 1 unspecified atom stereocenters. The Kier molecular flexibility index (Phi) is 9.72. The van der Waals surface area contributed by atoms with E-state index >= 15 is 0 Å². The molecule has 1 amide bonds. The second-order valence-electron chi connectivity index (χ2n) is 9.95. The Morgan fingerprint density at radius 1 is 0.917 bits per heavy atom. The van der Waals surface area contributed by atoms with Crippen LogP contribution in [0.15, 0.2) is 36.4 Å². The molecule has 0 aliphatic rings. The second-order valence-corrected chi connectivity index (χ2v) is 9.95. The minimum Gasteiger partial charge on any atom is -0.490 e. The molecule has 0 aromatic heterocycles. The normalized spacial score (nSPS) is 12.8. The molecule has 0 spiro atoms. The first-order chi connectivity index (χ1) is 16.9. The Labute approximate surface area is 216 Å². The lowest BCUT2D eigenvalue weighted by molar-refractivity contribution is -0.141. The van der Waals surface area contributed by atoms with Gasteiger partial charge in [0.15, 0.2) is 0 Å². The van der Waals surface area contributed by atoms with Crippen LogP contribution in [0.3, 0.4) is 0 Å². The lowest BCUT2D eigenvalue weighted by atomic mass is 9.70. The number of rotatable bonds is 12. The average molecular weight is 498 g/mol. The first kappa shape index (κ1) is 29.4. The average Bonchev–Trinajstić information content (AvgIpc) is 2.87. The number of hydrogen-bond donors (Lipinski definition) is 2. The summed E-state index contributed by atoms with van der Waals surface area (Å²) >= 11 is 0. The third-order valence-corrected chi connectivity index (χ3v) is 8.02. The first-order valence-electron chi connectivity index (χ1n) is 13.0. The van der Waals surface area contributed by atoms with Gasteiger partial charge >= 0.3 is 5.97 Å². The van der Waals surface area contributed by atoms with Crippen LogP contribution in [0.5, 0.6) is 5.75 Å². The number of aliphatic hydroxyl groups is 1. The molecule has 0 saturated carbocycles. The van der Waals surface area contributed by atoms with Crippen molar-refractivity contribution in [3.8, 4) is 5.75 Å². The van der Waals surface area contributed by atoms with Crippen LogP contribution in [-0.4, -0.2) is 52.3 Å². The van der Waals surface area contributed by atoms with Gasteiger partial charge in [0.05, 0.1) is 5.60 Å². The van der Waals surface area contributed by atoms with E-state index in [1.165, 1.54) is 24.4 Å². The number of carbonyl (C=O) groups excluding carboxylic acids is 1. The highest BCUT2D eigenvalue weighted by atomic mass is 16.5. The van der Waals surface area contributed by atoms with Crippen molar-refractivity contribution in [3.05, 3.63) is 64.2 Å². The summed E-state index contributed by atoms with van der Waals surface area (Å²) in [6, 6.07) is 11.2. The van der Waals surface area contributed by atoms with Gasteiger partial charge in [-0.3, -0.25) is 4.79 Å². The smallest absolute Gasteiger partial charge is 0.326 e. The molecule has 2 rings (SSSR count). The molecule has 198 valence electrons. The molecular formula is C30H43NO5. The van der Waals surface area contributed by atoms with E-state index in [-0.39, 0.29) is 17.9 Å². The third-order valence-electron chi connectivity index (χ3n) is 8.02. The topological polar surface area (TPSA) is 87.1 Å². The number of carboxylic acids is 1. The predicted molar refractivity (Wildman–Crippen MR) is 144 cm³/mol. The highest BCUT2D eigenvalue weighted by Gasteiger charge is 2.33. The van der Waals surface area contributed by atoms with Crippen molar-refractivity contribution < 1.29 is 24.5 Å². The minimum absolute atomic E-state index is 0.247. The van der Waals surface area contributed by atoms with Gasteiger partial charge in [0, 0.05) is 18.0 Å². The molecule has 0 heterocycles. The van der Waals surface area contributed by atoms with Gasteiger partial charge in [0.2, 0.25) is 0 Å². The van der Waals surface area contributed by atoms with Gasteiger partial charge in [0.25, 0.3) is 5.91 Å². The fourth-order valence-corrected chi connectivity index (χ4v) is 4.74. The van der Waals surface area contributed by atoms with Crippen LogP contribution in [0.4, 0.5) is 0 Å². The molecule has 0 fully saturated rings. The number of nitrogens with zero attached hydrogens (tertiary/aromatic N) is 1. The molecule has 36 heavy (non-hydrogen) atoms. The standard InChI is InChI=1S/C30H43NO5/c1-9-29(35,10-2)19-36-26-16-14-24(18-21(26)6)30(11-3,12-4)23-13-15-25(20(5)17-23)27(32)31(8)22(7)28(33)34/h13-18,22,35H,9-12,19H2,1-8H3,(H,33,34). The zero-order chi connectivity index (χ0) is 27.3. The van der Waals surface area contributed by atoms with Crippen LogP contribution < -0.4 is 4.74 Å². The van der Waals surface area contributed by atoms with Crippen LogP contribution in [0.25, 0.3) is 0 Å². The summed E-state index contributed by atoms with van der Waals surface area (Å²) in [5.74, 6) is -0.565. The number of ether oxygens (including phenoxy) is 1. The second kappa shape index (κ2) is 11.9. The maximum atomic E-state index is 13.0. The van der Waals surface area contributed by atoms with Crippen molar-refractivity contribution in [2.75, 3.05) is 13.7 Å². The molecule has 0 radical (unpaired) electrons. The van der Waals surface area contributed by atoms with Crippen LogP contribution in [0, 0.1) is 13.8 Å². The largest absolute Gasteiger partial charge is 0.490 e. The molecule has 2 aromatic carbocycles. The monoisotopic (exact) mass is 497 g/mol. The maximum Gasteiger partial charge on any atom is 0.326 e. The Hall–Kier alpha value is -2.86. The van der Waals surface area contributed by atoms with E-state index in [1.807, 2.05) is 45.9 Å². The summed E-state index contributed by atoms with van der Waals surface area (Å²) in [7, 11) is 1.52. The lowest BCUT2D eigenvalue weighted by Gasteiger charge is -2.34. The number of likely N-dealkylation sites (N-methyl/N-ethyl adjacent to an activating group) is 1. The quantitative estimate of drug-likeness (QED) is 0.382. The van der Waals surface area contributed by atoms with Gasteiger partial charge in [-0.05, 0) is 80.8 Å². The summed E-state index contributed by atoms with van der Waals surface area (Å²) < 4.78 is 6.01. The van der Waals surface area contributed by atoms with E-state index < -0.39 is 17.6 Å². The molecule has 6 nitrogen and oxygen atoms in total. The molecular weight excluding hydrogens is 454 g/mol. The number of aryl methyl sites for hydroxylation is 2. The van der Waals surface area contributed by atoms with Crippen LogP contribution in [-0.2, 0) is 10.2 Å². The van der Waals surface area contributed by atoms with Gasteiger partial charge < -0.3 is 19.8 Å². The summed E-state index contributed by atoms with van der Waals surface area (Å²) in [6.45, 7) is 14.0. The Morgan fingerprint density at radius 2 is 1.44 bits per heavy atom. The zero-order valence-electron chi connectivity index (χ0n) is 23.1. The van der Waals surface area contributed by atoms with Crippen molar-refractivity contribution >= 4 is 11.9 Å². The number of hydrogen-bond acceptors (Lipinski definition) is 4. The molecule has 0 bridgehead atoms. The molecule has 2 N–H and O–H groups in total. The minimum atomic E-state index is -1.03. The van der Waals surface area contributed by atoms with Gasteiger partial charge in [-0.25, -0.2) is 4.79 Å². The van der Waals surface area contributed by atoms with Crippen molar-refractivity contribution in [1.29, 1.82) is 0 Å². The molecule has 0 saturated heterocycles. The highest BCUT2D eigenvalue weighted by molar-refractivity contribution is 5.97. The van der Waals surface area contributed by atoms with Crippen molar-refractivity contribution in [2.45, 2.75) is 91.2 Å². The van der Waals surface area contributed by atoms with Crippen molar-refractivity contribution in [1.82, 2.24) is 4.90 Å². The van der Waals surface area contributed by atoms with Crippen LogP contribution >= 0.6 is 0 Å². The van der Waals surface area contributed by atoms with Gasteiger partial charge in [-0.2, -0.15) is 0 Å². The van der Waals surface area contributed by atoms with Gasteiger partial charge in [0.1, 0.15) is 18.4 Å². The summed E-state index contributed by atoms with van der Waals surface area (Å²) in [4.78, 5) is 25.6. The van der Waals surface area contributed by atoms with Crippen LogP contribution in [0.2, 0.25) is 0 Å². The molecule has 6 heteroatoms. The summed E-state index contributed by atoms with van der Waals surface area (Å²) in [5, 5.41) is 19.9.